The quantitative estimate of drug-likeness (QED) is 0.670. The Morgan fingerprint density at radius 2 is 1.72 bits per heavy atom. The van der Waals surface area contributed by atoms with E-state index in [4.69, 9.17) is 16.6 Å². The van der Waals surface area contributed by atoms with Crippen LogP contribution in [0.1, 0.15) is 31.0 Å². The van der Waals surface area contributed by atoms with E-state index in [0.717, 1.165) is 42.8 Å². The van der Waals surface area contributed by atoms with Gasteiger partial charge in [0.1, 0.15) is 5.82 Å². The fourth-order valence-electron chi connectivity index (χ4n) is 4.41. The molecule has 2 amide bonds. The van der Waals surface area contributed by atoms with Crippen LogP contribution < -0.4 is 4.90 Å². The number of aromatic amines is 1. The van der Waals surface area contributed by atoms with Gasteiger partial charge < -0.3 is 4.98 Å². The van der Waals surface area contributed by atoms with Crippen LogP contribution in [0.4, 0.5) is 5.69 Å². The third kappa shape index (κ3) is 3.32. The van der Waals surface area contributed by atoms with Gasteiger partial charge in [-0.1, -0.05) is 23.7 Å². The lowest BCUT2D eigenvalue weighted by Crippen LogP contribution is -2.45. The Labute approximate surface area is 173 Å². The Kier molecular flexibility index (Phi) is 4.60. The van der Waals surface area contributed by atoms with Gasteiger partial charge in [-0.15, -0.1) is 0 Å². The van der Waals surface area contributed by atoms with E-state index in [9.17, 15) is 9.59 Å². The molecule has 1 N–H and O–H groups in total. The molecular weight excluding hydrogens is 388 g/mol. The normalized spacial score (nSPS) is 21.4. The maximum atomic E-state index is 13.0. The zero-order chi connectivity index (χ0) is 20.0. The van der Waals surface area contributed by atoms with Gasteiger partial charge in [0, 0.05) is 10.9 Å². The molecule has 1 aromatic heterocycles. The van der Waals surface area contributed by atoms with Crippen LogP contribution in [0.15, 0.2) is 48.5 Å². The highest BCUT2D eigenvalue weighted by atomic mass is 35.5. The number of nitrogens with one attached hydrogen (secondary N) is 1. The Bertz CT molecular complexity index is 1040. The molecule has 2 fully saturated rings. The van der Waals surface area contributed by atoms with Crippen LogP contribution in [0.25, 0.3) is 11.0 Å². The van der Waals surface area contributed by atoms with Crippen molar-refractivity contribution in [2.45, 2.75) is 31.2 Å². The number of benzene rings is 2. The predicted octanol–water partition coefficient (Wildman–Crippen LogP) is 3.73. The first-order valence-corrected chi connectivity index (χ1v) is 10.3. The minimum absolute atomic E-state index is 0.139. The number of fused-ring (bicyclic) bond motifs is 1. The number of carbonyl (C=O) groups is 2. The van der Waals surface area contributed by atoms with Crippen molar-refractivity contribution in [3.63, 3.8) is 0 Å². The number of anilines is 1. The molecule has 2 aliphatic rings. The van der Waals surface area contributed by atoms with E-state index in [0.29, 0.717) is 16.6 Å². The van der Waals surface area contributed by atoms with Crippen LogP contribution in [0, 0.1) is 0 Å². The number of imide groups is 1. The molecule has 3 aromatic rings. The average Bonchev–Trinajstić information content (AvgIpc) is 3.30. The summed E-state index contributed by atoms with van der Waals surface area (Å²) in [6, 6.07) is 14.5. The van der Waals surface area contributed by atoms with E-state index in [1.54, 1.807) is 24.3 Å². The molecule has 0 bridgehead atoms. The van der Waals surface area contributed by atoms with E-state index in [2.05, 4.69) is 9.88 Å². The molecule has 0 radical (unpaired) electrons. The van der Waals surface area contributed by atoms with Crippen molar-refractivity contribution >= 4 is 40.1 Å². The molecular formula is C22H21ClN4O2. The minimum Gasteiger partial charge on any atom is -0.342 e. The Morgan fingerprint density at radius 3 is 2.45 bits per heavy atom. The number of hydrogen-bond donors (Lipinski definition) is 1. The third-order valence-corrected chi connectivity index (χ3v) is 6.22. The maximum Gasteiger partial charge on any atom is 0.251 e. The summed E-state index contributed by atoms with van der Waals surface area (Å²) in [7, 11) is 0. The number of piperidine rings is 1. The van der Waals surface area contributed by atoms with Crippen molar-refractivity contribution in [3.05, 3.63) is 59.4 Å². The van der Waals surface area contributed by atoms with Crippen molar-refractivity contribution in [1.82, 2.24) is 14.9 Å². The molecule has 148 valence electrons. The summed E-state index contributed by atoms with van der Waals surface area (Å²) in [5.74, 6) is 1.07. The number of rotatable bonds is 3. The van der Waals surface area contributed by atoms with Crippen molar-refractivity contribution < 1.29 is 9.59 Å². The number of H-pyrrole nitrogens is 1. The fourth-order valence-corrected chi connectivity index (χ4v) is 4.54. The molecule has 2 aromatic carbocycles. The van der Waals surface area contributed by atoms with Crippen molar-refractivity contribution in [1.29, 1.82) is 0 Å². The first kappa shape index (κ1) is 18.3. The minimum atomic E-state index is -0.380. The molecule has 3 heterocycles. The summed E-state index contributed by atoms with van der Waals surface area (Å²) >= 11 is 5.93. The second-order valence-corrected chi connectivity index (χ2v) is 8.15. The molecule has 7 heteroatoms. The standard InChI is InChI=1S/C22H21ClN4O2/c23-15-5-7-16(8-6-15)27-20(28)13-19(22(27)29)26-11-9-14(10-12-26)21-24-17-3-1-2-4-18(17)25-21/h1-8,14,19H,9-13H2,(H,24,25)/t19-/m1/s1. The van der Waals surface area contributed by atoms with Gasteiger partial charge in [0.25, 0.3) is 5.91 Å². The summed E-state index contributed by atoms with van der Waals surface area (Å²) < 4.78 is 0. The number of para-hydroxylation sites is 2. The molecule has 0 saturated carbocycles. The van der Waals surface area contributed by atoms with Gasteiger partial charge in [-0.2, -0.15) is 0 Å². The van der Waals surface area contributed by atoms with Crippen molar-refractivity contribution in [3.8, 4) is 0 Å². The van der Waals surface area contributed by atoms with Crippen LogP contribution in [0.3, 0.4) is 0 Å². The lowest BCUT2D eigenvalue weighted by atomic mass is 9.95. The highest BCUT2D eigenvalue weighted by Crippen LogP contribution is 2.32. The van der Waals surface area contributed by atoms with Crippen LogP contribution in [0.2, 0.25) is 5.02 Å². The number of carbonyl (C=O) groups excluding carboxylic acids is 2. The first-order chi connectivity index (χ1) is 14.1. The highest BCUT2D eigenvalue weighted by molar-refractivity contribution is 6.30. The smallest absolute Gasteiger partial charge is 0.251 e. The van der Waals surface area contributed by atoms with Gasteiger partial charge in [0.05, 0.1) is 29.2 Å². The van der Waals surface area contributed by atoms with Gasteiger partial charge >= 0.3 is 0 Å². The molecule has 29 heavy (non-hydrogen) atoms. The Hall–Kier alpha value is -2.70. The topological polar surface area (TPSA) is 69.3 Å². The third-order valence-electron chi connectivity index (χ3n) is 5.97. The molecule has 2 aliphatic heterocycles. The number of amides is 2. The molecule has 2 saturated heterocycles. The van der Waals surface area contributed by atoms with E-state index in [1.165, 1.54) is 4.90 Å². The number of imidazole rings is 1. The summed E-state index contributed by atoms with van der Waals surface area (Å²) in [6.45, 7) is 1.56. The van der Waals surface area contributed by atoms with Crippen LogP contribution in [-0.4, -0.2) is 45.8 Å². The maximum absolute atomic E-state index is 13.0. The first-order valence-electron chi connectivity index (χ1n) is 9.91. The Balaban J connectivity index is 1.27. The number of aromatic nitrogens is 2. The predicted molar refractivity (Wildman–Crippen MR) is 112 cm³/mol. The number of likely N-dealkylation sites (tertiary alicyclic amines) is 1. The van der Waals surface area contributed by atoms with E-state index in [-0.39, 0.29) is 24.3 Å². The molecule has 5 rings (SSSR count). The fraction of sp³-hybridized carbons (Fsp3) is 0.318. The molecule has 6 nitrogen and oxygen atoms in total. The van der Waals surface area contributed by atoms with Crippen LogP contribution in [0.5, 0.6) is 0 Å². The van der Waals surface area contributed by atoms with Crippen LogP contribution >= 0.6 is 11.6 Å². The van der Waals surface area contributed by atoms with Gasteiger partial charge in [-0.3, -0.25) is 14.5 Å². The zero-order valence-corrected chi connectivity index (χ0v) is 16.6. The SMILES string of the molecule is O=C1C[C@@H](N2CCC(c3nc4ccccc4[nH]3)CC2)C(=O)N1c1ccc(Cl)cc1. The van der Waals surface area contributed by atoms with E-state index >= 15 is 0 Å². The summed E-state index contributed by atoms with van der Waals surface area (Å²) in [5, 5.41) is 0.581. The summed E-state index contributed by atoms with van der Waals surface area (Å²) in [6.07, 6.45) is 2.06. The second kappa shape index (κ2) is 7.28. The van der Waals surface area contributed by atoms with Gasteiger partial charge in [0.2, 0.25) is 5.91 Å². The summed E-state index contributed by atoms with van der Waals surface area (Å²) in [4.78, 5) is 37.1. The van der Waals surface area contributed by atoms with E-state index < -0.39 is 0 Å². The lowest BCUT2D eigenvalue weighted by molar-refractivity contribution is -0.123. The summed E-state index contributed by atoms with van der Waals surface area (Å²) in [5.41, 5.74) is 2.63. The molecule has 0 spiro atoms. The van der Waals surface area contributed by atoms with E-state index in [1.807, 2.05) is 24.3 Å². The largest absolute Gasteiger partial charge is 0.342 e. The van der Waals surface area contributed by atoms with Crippen LogP contribution in [-0.2, 0) is 9.59 Å². The van der Waals surface area contributed by atoms with Crippen molar-refractivity contribution in [2.24, 2.45) is 0 Å². The van der Waals surface area contributed by atoms with Crippen molar-refractivity contribution in [2.75, 3.05) is 18.0 Å². The van der Waals surface area contributed by atoms with Gasteiger partial charge in [-0.05, 0) is 62.3 Å². The zero-order valence-electron chi connectivity index (χ0n) is 15.8. The monoisotopic (exact) mass is 408 g/mol. The molecule has 0 unspecified atom stereocenters. The lowest BCUT2D eigenvalue weighted by Gasteiger charge is -2.34. The number of nitrogens with zero attached hydrogens (tertiary/aromatic N) is 3. The highest BCUT2D eigenvalue weighted by Gasteiger charge is 2.43. The van der Waals surface area contributed by atoms with Gasteiger partial charge in [0.15, 0.2) is 0 Å². The average molecular weight is 409 g/mol. The number of halogens is 1. The Morgan fingerprint density at radius 1 is 1.00 bits per heavy atom. The molecule has 1 atom stereocenters. The number of hydrogen-bond acceptors (Lipinski definition) is 4. The second-order valence-electron chi connectivity index (χ2n) is 7.71. The van der Waals surface area contributed by atoms with Gasteiger partial charge in [-0.25, -0.2) is 9.88 Å². The molecule has 0 aliphatic carbocycles.